The number of hydrogen-bond donors (Lipinski definition) is 0. The highest BCUT2D eigenvalue weighted by atomic mass is 32.2. The van der Waals surface area contributed by atoms with Crippen LogP contribution < -0.4 is 19.1 Å². The maximum Gasteiger partial charge on any atom is 0.270 e. The third-order valence-electron chi connectivity index (χ3n) is 3.83. The quantitative estimate of drug-likeness (QED) is 0.568. The summed E-state index contributed by atoms with van der Waals surface area (Å²) in [6.45, 7) is 0. The molecule has 0 aromatic heterocycles. The van der Waals surface area contributed by atoms with Gasteiger partial charge in [-0.15, -0.1) is 0 Å². The molecule has 1 saturated heterocycles. The van der Waals surface area contributed by atoms with E-state index in [9.17, 15) is 4.79 Å². The number of carbonyl (C=O) groups is 1. The number of benzene rings is 2. The van der Waals surface area contributed by atoms with Crippen molar-refractivity contribution in [2.24, 2.45) is 0 Å². The Balaban J connectivity index is 1.98. The topological polar surface area (TPSA) is 48.0 Å². The van der Waals surface area contributed by atoms with Crippen LogP contribution in [0.5, 0.6) is 17.2 Å². The van der Waals surface area contributed by atoms with Crippen LogP contribution in [0.15, 0.2) is 47.4 Å². The van der Waals surface area contributed by atoms with E-state index in [0.29, 0.717) is 32.2 Å². The van der Waals surface area contributed by atoms with Gasteiger partial charge in [0.2, 0.25) is 0 Å². The molecule has 2 aromatic carbocycles. The first-order chi connectivity index (χ1) is 12.6. The van der Waals surface area contributed by atoms with Crippen LogP contribution in [0.3, 0.4) is 0 Å². The Morgan fingerprint density at radius 1 is 1.04 bits per heavy atom. The summed E-state index contributed by atoms with van der Waals surface area (Å²) in [6, 6.07) is 12.7. The zero-order valence-corrected chi connectivity index (χ0v) is 16.1. The van der Waals surface area contributed by atoms with E-state index >= 15 is 0 Å². The average molecular weight is 387 g/mol. The maximum absolute atomic E-state index is 12.9. The lowest BCUT2D eigenvalue weighted by Crippen LogP contribution is -2.27. The van der Waals surface area contributed by atoms with Crippen molar-refractivity contribution in [1.29, 1.82) is 0 Å². The van der Waals surface area contributed by atoms with Gasteiger partial charge in [-0.1, -0.05) is 42.2 Å². The van der Waals surface area contributed by atoms with Gasteiger partial charge in [0.05, 0.1) is 31.9 Å². The van der Waals surface area contributed by atoms with E-state index < -0.39 is 0 Å². The predicted molar refractivity (Wildman–Crippen MR) is 108 cm³/mol. The lowest BCUT2D eigenvalue weighted by Gasteiger charge is -2.15. The molecule has 0 aliphatic carbocycles. The molecule has 134 valence electrons. The van der Waals surface area contributed by atoms with E-state index in [0.717, 1.165) is 5.56 Å². The summed E-state index contributed by atoms with van der Waals surface area (Å²) in [5, 5.41) is 0. The highest BCUT2D eigenvalue weighted by Gasteiger charge is 2.33. The lowest BCUT2D eigenvalue weighted by atomic mass is 10.1. The average Bonchev–Trinajstić information content (AvgIpc) is 2.94. The number of anilines is 1. The van der Waals surface area contributed by atoms with Gasteiger partial charge < -0.3 is 14.2 Å². The normalized spacial score (nSPS) is 15.5. The second-order valence-corrected chi connectivity index (χ2v) is 6.98. The fourth-order valence-corrected chi connectivity index (χ4v) is 3.90. The summed E-state index contributed by atoms with van der Waals surface area (Å²) < 4.78 is 16.4. The number of thioether (sulfide) groups is 1. The highest BCUT2D eigenvalue weighted by molar-refractivity contribution is 8.27. The Morgan fingerprint density at radius 3 is 2.50 bits per heavy atom. The van der Waals surface area contributed by atoms with Crippen LogP contribution in [-0.4, -0.2) is 31.6 Å². The molecule has 0 spiro atoms. The van der Waals surface area contributed by atoms with Gasteiger partial charge in [0.25, 0.3) is 5.91 Å². The van der Waals surface area contributed by atoms with Gasteiger partial charge in [-0.25, -0.2) is 0 Å². The molecule has 1 heterocycles. The molecule has 0 bridgehead atoms. The molecular formula is C19H17NO4S2. The summed E-state index contributed by atoms with van der Waals surface area (Å²) in [5.41, 5.74) is 1.42. The molecule has 1 fully saturated rings. The van der Waals surface area contributed by atoms with Crippen molar-refractivity contribution in [1.82, 2.24) is 0 Å². The van der Waals surface area contributed by atoms with Crippen LogP contribution in [0, 0.1) is 0 Å². The molecule has 1 aliphatic heterocycles. The molecule has 0 unspecified atom stereocenters. The number of ether oxygens (including phenoxy) is 3. The molecule has 0 N–H and O–H groups in total. The number of thiocarbonyl (C=S) groups is 1. The number of carbonyl (C=O) groups excluding carboxylic acids is 1. The molecule has 1 aliphatic rings. The van der Waals surface area contributed by atoms with E-state index in [1.807, 2.05) is 30.3 Å². The van der Waals surface area contributed by atoms with Crippen molar-refractivity contribution < 1.29 is 19.0 Å². The van der Waals surface area contributed by atoms with E-state index in [2.05, 4.69) is 0 Å². The van der Waals surface area contributed by atoms with Gasteiger partial charge in [-0.2, -0.15) is 0 Å². The van der Waals surface area contributed by atoms with Gasteiger partial charge in [-0.3, -0.25) is 9.69 Å². The monoisotopic (exact) mass is 387 g/mol. The van der Waals surface area contributed by atoms with Crippen molar-refractivity contribution in [2.45, 2.75) is 0 Å². The third-order valence-corrected chi connectivity index (χ3v) is 5.13. The molecule has 1 amide bonds. The number of hydrogen-bond acceptors (Lipinski definition) is 6. The summed E-state index contributed by atoms with van der Waals surface area (Å²) >= 11 is 6.66. The molecule has 0 atom stereocenters. The van der Waals surface area contributed by atoms with E-state index in [1.54, 1.807) is 39.5 Å². The first-order valence-electron chi connectivity index (χ1n) is 7.72. The van der Waals surface area contributed by atoms with Gasteiger partial charge >= 0.3 is 0 Å². The molecule has 2 aromatic rings. The number of nitrogens with zero attached hydrogens (tertiary/aromatic N) is 1. The van der Waals surface area contributed by atoms with Gasteiger partial charge in [-0.05, 0) is 24.3 Å². The summed E-state index contributed by atoms with van der Waals surface area (Å²) in [6.07, 6.45) is 1.76. The fraction of sp³-hybridized carbons (Fsp3) is 0.158. The smallest absolute Gasteiger partial charge is 0.270 e. The third kappa shape index (κ3) is 3.40. The van der Waals surface area contributed by atoms with E-state index in [-0.39, 0.29) is 5.91 Å². The minimum absolute atomic E-state index is 0.182. The number of rotatable bonds is 5. The molecule has 5 nitrogen and oxygen atoms in total. The Kier molecular flexibility index (Phi) is 5.49. The van der Waals surface area contributed by atoms with Crippen molar-refractivity contribution >= 4 is 46.0 Å². The first-order valence-corrected chi connectivity index (χ1v) is 8.94. The summed E-state index contributed by atoms with van der Waals surface area (Å²) in [4.78, 5) is 14.9. The highest BCUT2D eigenvalue weighted by Crippen LogP contribution is 2.39. The second kappa shape index (κ2) is 7.80. The fourth-order valence-electron chi connectivity index (χ4n) is 2.61. The van der Waals surface area contributed by atoms with Gasteiger partial charge in [0.1, 0.15) is 5.75 Å². The minimum Gasteiger partial charge on any atom is -0.497 e. The summed E-state index contributed by atoms with van der Waals surface area (Å²) in [7, 11) is 4.72. The SMILES string of the molecule is COc1cccc(N2C(=O)C(=Cc3cccc(OC)c3OC)SC2=S)c1. The standard InChI is InChI=1S/C19H17NO4S2/c1-22-14-8-5-7-13(11-14)20-18(21)16(26-19(20)25)10-12-6-4-9-15(23-2)17(12)24-3/h4-11H,1-3H3. The van der Waals surface area contributed by atoms with Gasteiger partial charge in [0.15, 0.2) is 15.8 Å². The van der Waals surface area contributed by atoms with Crippen molar-refractivity contribution in [3.05, 3.63) is 52.9 Å². The van der Waals surface area contributed by atoms with Crippen molar-refractivity contribution in [3.63, 3.8) is 0 Å². The molecule has 26 heavy (non-hydrogen) atoms. The molecular weight excluding hydrogens is 370 g/mol. The molecule has 7 heteroatoms. The van der Waals surface area contributed by atoms with E-state index in [1.165, 1.54) is 16.7 Å². The second-order valence-electron chi connectivity index (χ2n) is 5.30. The van der Waals surface area contributed by atoms with Crippen LogP contribution in [0.1, 0.15) is 5.56 Å². The lowest BCUT2D eigenvalue weighted by molar-refractivity contribution is -0.113. The number of amides is 1. The van der Waals surface area contributed by atoms with Crippen molar-refractivity contribution in [2.75, 3.05) is 26.2 Å². The van der Waals surface area contributed by atoms with Crippen LogP contribution in [0.25, 0.3) is 6.08 Å². The first kappa shape index (κ1) is 18.3. The zero-order valence-electron chi connectivity index (χ0n) is 14.5. The Bertz CT molecular complexity index is 895. The maximum atomic E-state index is 12.9. The summed E-state index contributed by atoms with van der Waals surface area (Å²) in [5.74, 6) is 1.65. The van der Waals surface area contributed by atoms with Crippen LogP contribution >= 0.6 is 24.0 Å². The van der Waals surface area contributed by atoms with Crippen molar-refractivity contribution in [3.8, 4) is 17.2 Å². The van der Waals surface area contributed by atoms with Gasteiger partial charge in [0, 0.05) is 11.6 Å². The van der Waals surface area contributed by atoms with Crippen LogP contribution in [-0.2, 0) is 4.79 Å². The number of para-hydroxylation sites is 1. The zero-order chi connectivity index (χ0) is 18.7. The largest absolute Gasteiger partial charge is 0.497 e. The molecule has 3 rings (SSSR count). The number of methoxy groups -OCH3 is 3. The molecule has 0 radical (unpaired) electrons. The Hall–Kier alpha value is -2.51. The minimum atomic E-state index is -0.182. The Labute approximate surface area is 161 Å². The molecule has 0 saturated carbocycles. The predicted octanol–water partition coefficient (Wildman–Crippen LogP) is 4.12. The van der Waals surface area contributed by atoms with E-state index in [4.69, 9.17) is 26.4 Å². The van der Waals surface area contributed by atoms with Crippen LogP contribution in [0.4, 0.5) is 5.69 Å². The van der Waals surface area contributed by atoms with Crippen LogP contribution in [0.2, 0.25) is 0 Å². The Morgan fingerprint density at radius 2 is 1.81 bits per heavy atom.